The summed E-state index contributed by atoms with van der Waals surface area (Å²) in [7, 11) is -1.88. The van der Waals surface area contributed by atoms with E-state index < -0.39 is 10.2 Å². The predicted molar refractivity (Wildman–Crippen MR) is 66.4 cm³/mol. The molecule has 0 aromatic heterocycles. The van der Waals surface area contributed by atoms with E-state index in [9.17, 15) is 8.42 Å². The van der Waals surface area contributed by atoms with Crippen molar-refractivity contribution in [2.45, 2.75) is 18.9 Å². The normalized spacial score (nSPS) is 19.2. The molecule has 1 aliphatic rings. The first kappa shape index (κ1) is 15.8. The van der Waals surface area contributed by atoms with E-state index >= 15 is 0 Å². The molecule has 8 heteroatoms. The Bertz CT molecular complexity index is 314. The van der Waals surface area contributed by atoms with Crippen LogP contribution in [0.25, 0.3) is 0 Å². The maximum Gasteiger partial charge on any atom is 0.279 e. The van der Waals surface area contributed by atoms with Gasteiger partial charge < -0.3 is 14.6 Å². The minimum Gasteiger partial charge on any atom is -0.394 e. The SMILES string of the molecule is COCCNS(=O)(=O)N1CCC(OCCO)CC1. The fourth-order valence-corrected chi connectivity index (χ4v) is 3.04. The van der Waals surface area contributed by atoms with Gasteiger partial charge in [0.25, 0.3) is 10.2 Å². The number of nitrogens with zero attached hydrogens (tertiary/aromatic N) is 1. The molecule has 2 N–H and O–H groups in total. The molecule has 108 valence electrons. The second-order valence-corrected chi connectivity index (χ2v) is 5.84. The van der Waals surface area contributed by atoms with Crippen molar-refractivity contribution in [2.24, 2.45) is 0 Å². The predicted octanol–water partition coefficient (Wildman–Crippen LogP) is -1.06. The van der Waals surface area contributed by atoms with E-state index in [1.54, 1.807) is 0 Å². The molecule has 0 spiro atoms. The van der Waals surface area contributed by atoms with E-state index in [0.29, 0.717) is 39.1 Å². The number of aliphatic hydroxyl groups excluding tert-OH is 1. The summed E-state index contributed by atoms with van der Waals surface area (Å²) in [4.78, 5) is 0. The summed E-state index contributed by atoms with van der Waals surface area (Å²) in [6.45, 7) is 1.83. The van der Waals surface area contributed by atoms with Crippen molar-refractivity contribution in [3.63, 3.8) is 0 Å². The van der Waals surface area contributed by atoms with Crippen molar-refractivity contribution in [3.8, 4) is 0 Å². The Morgan fingerprint density at radius 1 is 1.33 bits per heavy atom. The van der Waals surface area contributed by atoms with E-state index in [4.69, 9.17) is 14.6 Å². The largest absolute Gasteiger partial charge is 0.394 e. The summed E-state index contributed by atoms with van der Waals surface area (Å²) < 4.78 is 37.8. The highest BCUT2D eigenvalue weighted by molar-refractivity contribution is 7.87. The molecule has 1 heterocycles. The first-order chi connectivity index (χ1) is 8.60. The number of rotatable bonds is 8. The lowest BCUT2D eigenvalue weighted by Gasteiger charge is -2.31. The number of ether oxygens (including phenoxy) is 2. The summed E-state index contributed by atoms with van der Waals surface area (Å²) in [5.41, 5.74) is 0. The zero-order chi connectivity index (χ0) is 13.4. The first-order valence-corrected chi connectivity index (χ1v) is 7.50. The number of hydrogen-bond donors (Lipinski definition) is 2. The summed E-state index contributed by atoms with van der Waals surface area (Å²) in [6.07, 6.45) is 1.36. The lowest BCUT2D eigenvalue weighted by molar-refractivity contribution is 0.00304. The lowest BCUT2D eigenvalue weighted by Crippen LogP contribution is -2.47. The molecule has 0 aromatic rings. The molecule has 0 aromatic carbocycles. The molecule has 1 rings (SSSR count). The van der Waals surface area contributed by atoms with Crippen LogP contribution in [-0.4, -0.2) is 70.5 Å². The van der Waals surface area contributed by atoms with E-state index in [2.05, 4.69) is 4.72 Å². The standard InChI is InChI=1S/C10H22N2O5S/c1-16-8-4-11-18(14,15)12-5-2-10(3-6-12)17-9-7-13/h10-11,13H,2-9H2,1H3. The summed E-state index contributed by atoms with van der Waals surface area (Å²) >= 11 is 0. The molecule has 0 aliphatic carbocycles. The van der Waals surface area contributed by atoms with Gasteiger partial charge in [-0.3, -0.25) is 0 Å². The molecule has 18 heavy (non-hydrogen) atoms. The van der Waals surface area contributed by atoms with Crippen LogP contribution in [0.2, 0.25) is 0 Å². The lowest BCUT2D eigenvalue weighted by atomic mass is 10.1. The molecule has 1 saturated heterocycles. The van der Waals surface area contributed by atoms with Crippen molar-refractivity contribution >= 4 is 10.2 Å². The zero-order valence-electron chi connectivity index (χ0n) is 10.7. The maximum absolute atomic E-state index is 11.9. The van der Waals surface area contributed by atoms with E-state index in [0.717, 1.165) is 0 Å². The van der Waals surface area contributed by atoms with Crippen LogP contribution < -0.4 is 4.72 Å². The Hall–Kier alpha value is -0.250. The Kier molecular flexibility index (Phi) is 7.05. The van der Waals surface area contributed by atoms with Crippen LogP contribution in [0.1, 0.15) is 12.8 Å². The minimum atomic E-state index is -3.40. The van der Waals surface area contributed by atoms with Crippen molar-refractivity contribution < 1.29 is 23.0 Å². The van der Waals surface area contributed by atoms with E-state index in [-0.39, 0.29) is 19.3 Å². The van der Waals surface area contributed by atoms with Crippen molar-refractivity contribution in [3.05, 3.63) is 0 Å². The second kappa shape index (κ2) is 8.03. The van der Waals surface area contributed by atoms with Gasteiger partial charge in [-0.15, -0.1) is 0 Å². The average Bonchev–Trinajstić information content (AvgIpc) is 2.37. The number of aliphatic hydroxyl groups is 1. The fourth-order valence-electron chi connectivity index (χ4n) is 1.82. The van der Waals surface area contributed by atoms with E-state index in [1.807, 2.05) is 0 Å². The van der Waals surface area contributed by atoms with Crippen LogP contribution in [-0.2, 0) is 19.7 Å². The molecule has 0 radical (unpaired) electrons. The molecule has 0 atom stereocenters. The molecule has 1 aliphatic heterocycles. The first-order valence-electron chi connectivity index (χ1n) is 6.06. The summed E-state index contributed by atoms with van der Waals surface area (Å²) in [6, 6.07) is 0. The molecular formula is C10H22N2O5S. The minimum absolute atomic E-state index is 0.00289. The number of methoxy groups -OCH3 is 1. The third kappa shape index (κ3) is 5.17. The number of piperidine rings is 1. The van der Waals surface area contributed by atoms with Gasteiger partial charge in [-0.2, -0.15) is 17.4 Å². The van der Waals surface area contributed by atoms with Gasteiger partial charge in [0.05, 0.1) is 25.9 Å². The third-order valence-corrected chi connectivity index (χ3v) is 4.39. The summed E-state index contributed by atoms with van der Waals surface area (Å²) in [5.74, 6) is 0. The molecule has 1 fully saturated rings. The van der Waals surface area contributed by atoms with Gasteiger partial charge in [-0.05, 0) is 12.8 Å². The van der Waals surface area contributed by atoms with Gasteiger partial charge in [0.15, 0.2) is 0 Å². The van der Waals surface area contributed by atoms with Crippen LogP contribution >= 0.6 is 0 Å². The Balaban J connectivity index is 2.32. The molecular weight excluding hydrogens is 260 g/mol. The van der Waals surface area contributed by atoms with Crippen LogP contribution in [0, 0.1) is 0 Å². The fraction of sp³-hybridized carbons (Fsp3) is 1.00. The van der Waals surface area contributed by atoms with Crippen molar-refractivity contribution in [1.29, 1.82) is 0 Å². The van der Waals surface area contributed by atoms with Crippen molar-refractivity contribution in [1.82, 2.24) is 9.03 Å². The van der Waals surface area contributed by atoms with Gasteiger partial charge in [0.2, 0.25) is 0 Å². The van der Waals surface area contributed by atoms with Crippen molar-refractivity contribution in [2.75, 3.05) is 46.6 Å². The van der Waals surface area contributed by atoms with Gasteiger partial charge in [-0.1, -0.05) is 0 Å². The number of hydrogen-bond acceptors (Lipinski definition) is 5. The third-order valence-electron chi connectivity index (χ3n) is 2.78. The van der Waals surface area contributed by atoms with Crippen LogP contribution in [0.15, 0.2) is 0 Å². The molecule has 0 bridgehead atoms. The Labute approximate surface area is 108 Å². The maximum atomic E-state index is 11.9. The van der Waals surface area contributed by atoms with Crippen LogP contribution in [0.5, 0.6) is 0 Å². The summed E-state index contributed by atoms with van der Waals surface area (Å²) in [5, 5.41) is 8.65. The molecule has 0 saturated carbocycles. The van der Waals surface area contributed by atoms with E-state index in [1.165, 1.54) is 11.4 Å². The highest BCUT2D eigenvalue weighted by atomic mass is 32.2. The second-order valence-electron chi connectivity index (χ2n) is 4.08. The highest BCUT2D eigenvalue weighted by Crippen LogP contribution is 2.15. The molecule has 0 amide bonds. The smallest absolute Gasteiger partial charge is 0.279 e. The average molecular weight is 282 g/mol. The van der Waals surface area contributed by atoms with Gasteiger partial charge in [0, 0.05) is 26.7 Å². The Morgan fingerprint density at radius 2 is 2.00 bits per heavy atom. The van der Waals surface area contributed by atoms with Crippen LogP contribution in [0.4, 0.5) is 0 Å². The van der Waals surface area contributed by atoms with Crippen LogP contribution in [0.3, 0.4) is 0 Å². The molecule has 0 unspecified atom stereocenters. The number of nitrogens with one attached hydrogen (secondary N) is 1. The monoisotopic (exact) mass is 282 g/mol. The molecule has 7 nitrogen and oxygen atoms in total. The topological polar surface area (TPSA) is 88.1 Å². The van der Waals surface area contributed by atoms with Gasteiger partial charge in [0.1, 0.15) is 0 Å². The highest BCUT2D eigenvalue weighted by Gasteiger charge is 2.27. The Morgan fingerprint density at radius 3 is 2.56 bits per heavy atom. The zero-order valence-corrected chi connectivity index (χ0v) is 11.5. The van der Waals surface area contributed by atoms with Gasteiger partial charge in [-0.25, -0.2) is 0 Å². The van der Waals surface area contributed by atoms with Gasteiger partial charge >= 0.3 is 0 Å². The quantitative estimate of drug-likeness (QED) is 0.554.